The Kier molecular flexibility index (Phi) is 3.06. The Hall–Kier alpha value is -0.890. The quantitative estimate of drug-likeness (QED) is 0.786. The number of hydrogen-bond acceptors (Lipinski definition) is 1. The van der Waals surface area contributed by atoms with Gasteiger partial charge in [0.2, 0.25) is 0 Å². The predicted octanol–water partition coefficient (Wildman–Crippen LogP) is 3.01. The van der Waals surface area contributed by atoms with E-state index in [1.54, 1.807) is 6.92 Å². The third kappa shape index (κ3) is 2.20. The molecule has 82 valence electrons. The normalized spacial score (nSPS) is 25.9. The molecular formula is C13H18FN. The van der Waals surface area contributed by atoms with Crippen molar-refractivity contribution in [2.45, 2.75) is 37.9 Å². The number of piperidine rings is 1. The zero-order valence-electron chi connectivity index (χ0n) is 9.17. The van der Waals surface area contributed by atoms with Crippen LogP contribution >= 0.6 is 0 Å². The van der Waals surface area contributed by atoms with Crippen LogP contribution in [0.2, 0.25) is 0 Å². The third-order valence-corrected chi connectivity index (χ3v) is 3.30. The van der Waals surface area contributed by atoms with Gasteiger partial charge < -0.3 is 5.32 Å². The molecule has 1 aliphatic rings. The minimum Gasteiger partial charge on any atom is -0.311 e. The maximum absolute atomic E-state index is 14.6. The SMILES string of the molecule is CC(F)(c1ccccc1)C1CCCCN1. The summed E-state index contributed by atoms with van der Waals surface area (Å²) in [4.78, 5) is 0. The monoisotopic (exact) mass is 207 g/mol. The summed E-state index contributed by atoms with van der Waals surface area (Å²) in [5.74, 6) is 0. The van der Waals surface area contributed by atoms with Gasteiger partial charge in [-0.1, -0.05) is 36.8 Å². The molecule has 1 aromatic rings. The van der Waals surface area contributed by atoms with E-state index in [1.807, 2.05) is 30.3 Å². The zero-order valence-corrected chi connectivity index (χ0v) is 9.17. The molecule has 15 heavy (non-hydrogen) atoms. The van der Waals surface area contributed by atoms with Crippen LogP contribution < -0.4 is 5.32 Å². The van der Waals surface area contributed by atoms with Crippen molar-refractivity contribution in [3.63, 3.8) is 0 Å². The zero-order chi connectivity index (χ0) is 10.7. The molecule has 0 bridgehead atoms. The van der Waals surface area contributed by atoms with Gasteiger partial charge in [0, 0.05) is 6.04 Å². The van der Waals surface area contributed by atoms with E-state index >= 15 is 0 Å². The summed E-state index contributed by atoms with van der Waals surface area (Å²) in [5, 5.41) is 3.28. The molecule has 1 saturated heterocycles. The Balaban J connectivity index is 2.18. The summed E-state index contributed by atoms with van der Waals surface area (Å²) in [6.45, 7) is 2.63. The molecule has 1 nitrogen and oxygen atoms in total. The lowest BCUT2D eigenvalue weighted by atomic mass is 9.85. The first kappa shape index (κ1) is 10.6. The highest BCUT2D eigenvalue weighted by molar-refractivity contribution is 5.23. The van der Waals surface area contributed by atoms with E-state index < -0.39 is 5.67 Å². The van der Waals surface area contributed by atoms with Gasteiger partial charge in [0.25, 0.3) is 0 Å². The number of benzene rings is 1. The van der Waals surface area contributed by atoms with Crippen molar-refractivity contribution in [2.75, 3.05) is 6.54 Å². The number of alkyl halides is 1. The summed E-state index contributed by atoms with van der Waals surface area (Å²) in [6, 6.07) is 9.43. The molecule has 1 N–H and O–H groups in total. The first-order valence-electron chi connectivity index (χ1n) is 5.69. The molecule has 1 heterocycles. The van der Waals surface area contributed by atoms with Gasteiger partial charge in [0.05, 0.1) is 0 Å². The van der Waals surface area contributed by atoms with E-state index in [4.69, 9.17) is 0 Å². The molecule has 0 aliphatic carbocycles. The van der Waals surface area contributed by atoms with Gasteiger partial charge in [-0.2, -0.15) is 0 Å². The third-order valence-electron chi connectivity index (χ3n) is 3.30. The summed E-state index contributed by atoms with van der Waals surface area (Å²) in [7, 11) is 0. The Labute approximate surface area is 90.7 Å². The molecule has 0 radical (unpaired) electrons. The van der Waals surface area contributed by atoms with E-state index in [1.165, 1.54) is 6.42 Å². The van der Waals surface area contributed by atoms with Crippen LogP contribution in [0.5, 0.6) is 0 Å². The minimum atomic E-state index is -1.25. The van der Waals surface area contributed by atoms with Crippen molar-refractivity contribution in [2.24, 2.45) is 0 Å². The number of hydrogen-bond donors (Lipinski definition) is 1. The predicted molar refractivity (Wildman–Crippen MR) is 60.5 cm³/mol. The lowest BCUT2D eigenvalue weighted by Crippen LogP contribution is -2.46. The average molecular weight is 207 g/mol. The largest absolute Gasteiger partial charge is 0.311 e. The highest BCUT2D eigenvalue weighted by atomic mass is 19.1. The van der Waals surface area contributed by atoms with Gasteiger partial charge in [0.15, 0.2) is 0 Å². The standard InChI is InChI=1S/C13H18FN/c1-13(14,11-7-3-2-4-8-11)12-9-5-6-10-15-12/h2-4,7-8,12,15H,5-6,9-10H2,1H3. The van der Waals surface area contributed by atoms with Crippen LogP contribution in [-0.2, 0) is 5.67 Å². The molecule has 2 rings (SSSR count). The van der Waals surface area contributed by atoms with Crippen molar-refractivity contribution in [3.8, 4) is 0 Å². The van der Waals surface area contributed by atoms with Gasteiger partial charge in [0.1, 0.15) is 5.67 Å². The van der Waals surface area contributed by atoms with E-state index in [-0.39, 0.29) is 6.04 Å². The number of halogens is 1. The van der Waals surface area contributed by atoms with Gasteiger partial charge >= 0.3 is 0 Å². The Morgan fingerprint density at radius 1 is 1.27 bits per heavy atom. The minimum absolute atomic E-state index is 0.0337. The second kappa shape index (κ2) is 4.31. The highest BCUT2D eigenvalue weighted by Gasteiger charge is 2.36. The highest BCUT2D eigenvalue weighted by Crippen LogP contribution is 2.32. The molecule has 0 spiro atoms. The molecule has 0 amide bonds. The van der Waals surface area contributed by atoms with Crippen molar-refractivity contribution in [1.82, 2.24) is 5.32 Å². The van der Waals surface area contributed by atoms with Crippen LogP contribution in [0.25, 0.3) is 0 Å². The van der Waals surface area contributed by atoms with Crippen molar-refractivity contribution in [1.29, 1.82) is 0 Å². The molecule has 2 unspecified atom stereocenters. The summed E-state index contributed by atoms with van der Waals surface area (Å²) in [5.41, 5.74) is -0.466. The fraction of sp³-hybridized carbons (Fsp3) is 0.538. The second-order valence-electron chi connectivity index (χ2n) is 4.44. The van der Waals surface area contributed by atoms with Crippen molar-refractivity contribution in [3.05, 3.63) is 35.9 Å². The average Bonchev–Trinajstić information content (AvgIpc) is 2.31. The molecule has 1 aromatic carbocycles. The number of rotatable bonds is 2. The summed E-state index contributed by atoms with van der Waals surface area (Å²) < 4.78 is 14.6. The lowest BCUT2D eigenvalue weighted by Gasteiger charge is -2.34. The Morgan fingerprint density at radius 3 is 2.60 bits per heavy atom. The van der Waals surface area contributed by atoms with E-state index in [0.29, 0.717) is 0 Å². The van der Waals surface area contributed by atoms with Gasteiger partial charge in [-0.25, -0.2) is 4.39 Å². The summed E-state index contributed by atoms with van der Waals surface area (Å²) >= 11 is 0. The maximum atomic E-state index is 14.6. The Bertz CT molecular complexity index is 302. The maximum Gasteiger partial charge on any atom is 0.148 e. The smallest absolute Gasteiger partial charge is 0.148 e. The van der Waals surface area contributed by atoms with Gasteiger partial charge in [-0.3, -0.25) is 0 Å². The van der Waals surface area contributed by atoms with Crippen LogP contribution in [-0.4, -0.2) is 12.6 Å². The first-order chi connectivity index (χ1) is 7.21. The molecule has 2 atom stereocenters. The number of nitrogens with one attached hydrogen (secondary N) is 1. The molecular weight excluding hydrogens is 189 g/mol. The van der Waals surface area contributed by atoms with E-state index in [0.717, 1.165) is 24.9 Å². The fourth-order valence-corrected chi connectivity index (χ4v) is 2.28. The van der Waals surface area contributed by atoms with Gasteiger partial charge in [-0.05, 0) is 31.9 Å². The lowest BCUT2D eigenvalue weighted by molar-refractivity contribution is 0.107. The topological polar surface area (TPSA) is 12.0 Å². The Morgan fingerprint density at radius 2 is 2.00 bits per heavy atom. The molecule has 0 saturated carbocycles. The van der Waals surface area contributed by atoms with Crippen LogP contribution in [0.4, 0.5) is 4.39 Å². The van der Waals surface area contributed by atoms with Crippen LogP contribution in [0, 0.1) is 0 Å². The van der Waals surface area contributed by atoms with Crippen molar-refractivity contribution < 1.29 is 4.39 Å². The van der Waals surface area contributed by atoms with E-state index in [2.05, 4.69) is 5.32 Å². The van der Waals surface area contributed by atoms with Crippen LogP contribution in [0.15, 0.2) is 30.3 Å². The van der Waals surface area contributed by atoms with Crippen LogP contribution in [0.1, 0.15) is 31.7 Å². The molecule has 1 aliphatic heterocycles. The van der Waals surface area contributed by atoms with Crippen molar-refractivity contribution >= 4 is 0 Å². The fourth-order valence-electron chi connectivity index (χ4n) is 2.28. The summed E-state index contributed by atoms with van der Waals surface area (Å²) in [6.07, 6.45) is 3.23. The molecule has 0 aromatic heterocycles. The van der Waals surface area contributed by atoms with Gasteiger partial charge in [-0.15, -0.1) is 0 Å². The van der Waals surface area contributed by atoms with E-state index in [9.17, 15) is 4.39 Å². The molecule has 1 fully saturated rings. The first-order valence-corrected chi connectivity index (χ1v) is 5.69. The molecule has 2 heteroatoms. The second-order valence-corrected chi connectivity index (χ2v) is 4.44. The van der Waals surface area contributed by atoms with Crippen LogP contribution in [0.3, 0.4) is 0 Å².